The van der Waals surface area contributed by atoms with Crippen LogP contribution in [-0.2, 0) is 14.3 Å². The molecule has 2 aromatic carbocycles. The van der Waals surface area contributed by atoms with E-state index in [0.717, 1.165) is 40.8 Å². The summed E-state index contributed by atoms with van der Waals surface area (Å²) in [4.78, 5) is 33.9. The van der Waals surface area contributed by atoms with Gasteiger partial charge in [-0.1, -0.05) is 48.6 Å². The number of carbonyl (C=O) groups excluding carboxylic acids is 2. The van der Waals surface area contributed by atoms with Crippen molar-refractivity contribution in [3.8, 4) is 5.75 Å². The lowest BCUT2D eigenvalue weighted by Gasteiger charge is -2.37. The van der Waals surface area contributed by atoms with Crippen LogP contribution in [0.15, 0.2) is 59.9 Å². The molecular weight excluding hydrogens is 436 g/mol. The summed E-state index contributed by atoms with van der Waals surface area (Å²) < 4.78 is 12.6. The first-order valence-electron chi connectivity index (χ1n) is 11.3. The Morgan fingerprint density at radius 3 is 2.73 bits per heavy atom. The fourth-order valence-electron chi connectivity index (χ4n) is 5.35. The van der Waals surface area contributed by atoms with Gasteiger partial charge in [0.15, 0.2) is 16.7 Å². The largest absolute Gasteiger partial charge is 0.497 e. The van der Waals surface area contributed by atoms with Gasteiger partial charge in [-0.15, -0.1) is 0 Å². The average molecular weight is 461 g/mol. The van der Waals surface area contributed by atoms with Gasteiger partial charge in [0.2, 0.25) is 0 Å². The Labute approximate surface area is 195 Å². The summed E-state index contributed by atoms with van der Waals surface area (Å²) in [6.45, 7) is 2.18. The van der Waals surface area contributed by atoms with Crippen molar-refractivity contribution in [1.82, 2.24) is 4.98 Å². The second kappa shape index (κ2) is 7.70. The molecule has 4 atom stereocenters. The number of ether oxygens (including phenoxy) is 2. The number of benzene rings is 2. The minimum Gasteiger partial charge on any atom is -0.497 e. The van der Waals surface area contributed by atoms with E-state index >= 15 is 0 Å². The minimum atomic E-state index is -0.540. The average Bonchev–Trinajstić information content (AvgIpc) is 3.38. The number of ketones is 1. The van der Waals surface area contributed by atoms with Crippen LogP contribution < -0.4 is 9.64 Å². The van der Waals surface area contributed by atoms with Crippen molar-refractivity contribution in [2.45, 2.75) is 38.3 Å². The van der Waals surface area contributed by atoms with Crippen LogP contribution in [0.5, 0.6) is 5.75 Å². The molecule has 0 radical (unpaired) electrons. The second-order valence-electron chi connectivity index (χ2n) is 9.11. The highest BCUT2D eigenvalue weighted by molar-refractivity contribution is 7.22. The second-order valence-corrected chi connectivity index (χ2v) is 10.1. The monoisotopic (exact) mass is 460 g/mol. The van der Waals surface area contributed by atoms with Crippen molar-refractivity contribution < 1.29 is 19.1 Å². The molecule has 1 aliphatic carbocycles. The van der Waals surface area contributed by atoms with Crippen molar-refractivity contribution in [2.75, 3.05) is 12.0 Å². The maximum atomic E-state index is 13.8. The predicted octanol–water partition coefficient (Wildman–Crippen LogP) is 5.05. The summed E-state index contributed by atoms with van der Waals surface area (Å²) in [7, 11) is 1.62. The molecule has 0 bridgehead atoms. The summed E-state index contributed by atoms with van der Waals surface area (Å²) in [5.41, 5.74) is 2.15. The summed E-state index contributed by atoms with van der Waals surface area (Å²) in [6.07, 6.45) is 2.40. The topological polar surface area (TPSA) is 68.7 Å². The van der Waals surface area contributed by atoms with Gasteiger partial charge in [0.1, 0.15) is 11.9 Å². The highest BCUT2D eigenvalue weighted by atomic mass is 32.1. The summed E-state index contributed by atoms with van der Waals surface area (Å²) >= 11 is 1.42. The van der Waals surface area contributed by atoms with E-state index in [1.807, 2.05) is 48.5 Å². The van der Waals surface area contributed by atoms with Crippen LogP contribution in [0.25, 0.3) is 10.2 Å². The number of carbonyl (C=O) groups is 2. The van der Waals surface area contributed by atoms with Crippen molar-refractivity contribution >= 4 is 38.4 Å². The first kappa shape index (κ1) is 20.4. The standard InChI is InChI=1S/C26H24N2O4S/c1-14-8-11-19-17(12-14)23(29)21-22(15-6-4-3-5-7-15)28(25(30)24(21)32-19)26-27-18-10-9-16(31-2)13-20(18)33-26/h3-7,9-10,13-14,17,19,22H,8,11-12H2,1-2H3. The Morgan fingerprint density at radius 2 is 1.94 bits per heavy atom. The molecule has 1 fully saturated rings. The first-order chi connectivity index (χ1) is 16.0. The van der Waals surface area contributed by atoms with E-state index < -0.39 is 6.04 Å². The third-order valence-corrected chi connectivity index (χ3v) is 8.03. The van der Waals surface area contributed by atoms with E-state index in [2.05, 4.69) is 6.92 Å². The lowest BCUT2D eigenvalue weighted by molar-refractivity contribution is -0.132. The molecule has 0 N–H and O–H groups in total. The number of fused-ring (bicyclic) bond motifs is 2. The summed E-state index contributed by atoms with van der Waals surface area (Å²) in [5, 5.41) is 0.555. The first-order valence-corrected chi connectivity index (χ1v) is 12.1. The molecule has 6 nitrogen and oxygen atoms in total. The molecule has 1 amide bonds. The zero-order chi connectivity index (χ0) is 22.7. The van der Waals surface area contributed by atoms with Gasteiger partial charge in [-0.05, 0) is 48.9 Å². The van der Waals surface area contributed by atoms with Crippen molar-refractivity contribution in [3.63, 3.8) is 0 Å². The van der Waals surface area contributed by atoms with Gasteiger partial charge in [0.05, 0.1) is 34.9 Å². The molecule has 0 saturated heterocycles. The maximum absolute atomic E-state index is 13.8. The van der Waals surface area contributed by atoms with Gasteiger partial charge in [0.25, 0.3) is 5.91 Å². The van der Waals surface area contributed by atoms with Crippen molar-refractivity contribution in [1.29, 1.82) is 0 Å². The molecule has 3 aliphatic rings. The third-order valence-electron chi connectivity index (χ3n) is 7.02. The van der Waals surface area contributed by atoms with Crippen LogP contribution in [0, 0.1) is 11.8 Å². The fraction of sp³-hybridized carbons (Fsp3) is 0.346. The summed E-state index contributed by atoms with van der Waals surface area (Å²) in [6, 6.07) is 14.8. The number of methoxy groups -OCH3 is 1. The van der Waals surface area contributed by atoms with Crippen LogP contribution in [-0.4, -0.2) is 29.9 Å². The Kier molecular flexibility index (Phi) is 4.76. The van der Waals surface area contributed by atoms with Gasteiger partial charge >= 0.3 is 0 Å². The number of hydrogen-bond donors (Lipinski definition) is 0. The Hall–Kier alpha value is -3.19. The number of Topliss-reactive ketones (excluding diaryl/α,β-unsaturated/α-hetero) is 1. The van der Waals surface area contributed by atoms with E-state index in [9.17, 15) is 9.59 Å². The van der Waals surface area contributed by atoms with Gasteiger partial charge in [-0.3, -0.25) is 14.5 Å². The smallest absolute Gasteiger partial charge is 0.296 e. The fourth-order valence-corrected chi connectivity index (χ4v) is 6.37. The number of aromatic nitrogens is 1. The SMILES string of the molecule is COc1ccc2nc(N3C(=O)C4=C(C(=O)C5CC(C)CCC5O4)C3c3ccccc3)sc2c1. The van der Waals surface area contributed by atoms with Gasteiger partial charge in [-0.2, -0.15) is 0 Å². The van der Waals surface area contributed by atoms with Gasteiger partial charge in [-0.25, -0.2) is 4.98 Å². The normalized spacial score (nSPS) is 26.9. The molecule has 7 heteroatoms. The number of nitrogens with zero attached hydrogens (tertiary/aromatic N) is 2. The zero-order valence-corrected chi connectivity index (χ0v) is 19.3. The Bertz CT molecular complexity index is 1300. The van der Waals surface area contributed by atoms with Crippen LogP contribution >= 0.6 is 11.3 Å². The maximum Gasteiger partial charge on any atom is 0.296 e. The Morgan fingerprint density at radius 1 is 1.12 bits per heavy atom. The number of rotatable bonds is 3. The molecule has 2 aliphatic heterocycles. The molecular formula is C26H24N2O4S. The minimum absolute atomic E-state index is 0.0558. The molecule has 33 heavy (non-hydrogen) atoms. The Balaban J connectivity index is 1.49. The van der Waals surface area contributed by atoms with Crippen LogP contribution in [0.4, 0.5) is 5.13 Å². The highest BCUT2D eigenvalue weighted by Gasteiger charge is 2.53. The van der Waals surface area contributed by atoms with E-state index in [-0.39, 0.29) is 29.5 Å². The van der Waals surface area contributed by atoms with E-state index in [1.165, 1.54) is 11.3 Å². The van der Waals surface area contributed by atoms with E-state index in [0.29, 0.717) is 16.6 Å². The zero-order valence-electron chi connectivity index (χ0n) is 18.5. The predicted molar refractivity (Wildman–Crippen MR) is 126 cm³/mol. The molecule has 0 spiro atoms. The molecule has 1 saturated carbocycles. The van der Waals surface area contributed by atoms with Crippen LogP contribution in [0.3, 0.4) is 0 Å². The van der Waals surface area contributed by atoms with Crippen LogP contribution in [0.1, 0.15) is 37.8 Å². The molecule has 6 rings (SSSR count). The van der Waals surface area contributed by atoms with E-state index in [1.54, 1.807) is 12.0 Å². The van der Waals surface area contributed by atoms with Crippen molar-refractivity contribution in [3.05, 3.63) is 65.4 Å². The number of anilines is 1. The molecule has 3 heterocycles. The van der Waals surface area contributed by atoms with E-state index in [4.69, 9.17) is 14.5 Å². The molecule has 168 valence electrons. The van der Waals surface area contributed by atoms with Crippen molar-refractivity contribution in [2.24, 2.45) is 11.8 Å². The lowest BCUT2D eigenvalue weighted by Crippen LogP contribution is -2.41. The number of hydrogen-bond acceptors (Lipinski definition) is 6. The highest BCUT2D eigenvalue weighted by Crippen LogP contribution is 2.50. The van der Waals surface area contributed by atoms with Gasteiger partial charge in [0, 0.05) is 0 Å². The molecule has 1 aromatic heterocycles. The third kappa shape index (κ3) is 3.17. The van der Waals surface area contributed by atoms with Crippen LogP contribution in [0.2, 0.25) is 0 Å². The number of thiazole rings is 1. The van der Waals surface area contributed by atoms with Gasteiger partial charge < -0.3 is 9.47 Å². The quantitative estimate of drug-likeness (QED) is 0.547. The molecule has 4 unspecified atom stereocenters. The molecule has 3 aromatic rings. The number of amides is 1. The summed E-state index contributed by atoms with van der Waals surface area (Å²) in [5.74, 6) is 1.01. The lowest BCUT2D eigenvalue weighted by atomic mass is 9.74.